The summed E-state index contributed by atoms with van der Waals surface area (Å²) in [5.41, 5.74) is -1.65. The van der Waals surface area contributed by atoms with Gasteiger partial charge in [0.25, 0.3) is 0 Å². The van der Waals surface area contributed by atoms with E-state index in [4.69, 9.17) is 4.74 Å². The maximum atomic E-state index is 12.9. The standard InChI is InChI=1S/C32H61N5O6/c1-13-33-24(38)20-37(21-25(39)36-23(2)3)26(40)14-17-34-27(41)30(7,8)16-19-43-32(11,12)15-18-35-28(42)31(9,10)22-29(4,5)6/h23H,13-22H2,1-12H3,(H,33,38)(H,34,41)(H,35,42)(H,36,39). The Bertz CT molecular complexity index is 937. The summed E-state index contributed by atoms with van der Waals surface area (Å²) in [6, 6.07) is -0.0957. The van der Waals surface area contributed by atoms with Crippen molar-refractivity contribution in [1.82, 2.24) is 26.2 Å². The van der Waals surface area contributed by atoms with E-state index < -0.39 is 22.3 Å². The third-order valence-electron chi connectivity index (χ3n) is 6.90. The summed E-state index contributed by atoms with van der Waals surface area (Å²) in [7, 11) is 0. The average molecular weight is 612 g/mol. The summed E-state index contributed by atoms with van der Waals surface area (Å²) in [6.45, 7) is 24.1. The third kappa shape index (κ3) is 17.9. The molecule has 0 aliphatic rings. The van der Waals surface area contributed by atoms with Crippen LogP contribution in [0.2, 0.25) is 0 Å². The van der Waals surface area contributed by atoms with E-state index in [1.54, 1.807) is 6.92 Å². The molecule has 0 unspecified atom stereocenters. The minimum absolute atomic E-state index is 0.0284. The lowest BCUT2D eigenvalue weighted by atomic mass is 9.75. The van der Waals surface area contributed by atoms with Gasteiger partial charge in [-0.25, -0.2) is 0 Å². The number of hydrogen-bond donors (Lipinski definition) is 4. The molecule has 4 N–H and O–H groups in total. The lowest BCUT2D eigenvalue weighted by molar-refractivity contribution is -0.139. The van der Waals surface area contributed by atoms with E-state index in [2.05, 4.69) is 42.0 Å². The lowest BCUT2D eigenvalue weighted by Gasteiger charge is -2.32. The fourth-order valence-corrected chi connectivity index (χ4v) is 4.77. The van der Waals surface area contributed by atoms with Gasteiger partial charge in [-0.05, 0) is 59.3 Å². The number of carbonyl (C=O) groups excluding carboxylic acids is 5. The van der Waals surface area contributed by atoms with Crippen molar-refractivity contribution < 1.29 is 28.7 Å². The SMILES string of the molecule is CCNC(=O)CN(CC(=O)NC(C)C)C(=O)CCNC(=O)C(C)(C)CCOC(C)(C)CCNC(=O)C(C)(C)CC(C)(C)C. The third-order valence-corrected chi connectivity index (χ3v) is 6.90. The van der Waals surface area contributed by atoms with Crippen molar-refractivity contribution in [2.45, 2.75) is 120 Å². The summed E-state index contributed by atoms with van der Waals surface area (Å²) >= 11 is 0. The number of amides is 5. The highest BCUT2D eigenvalue weighted by Gasteiger charge is 2.33. The van der Waals surface area contributed by atoms with Crippen LogP contribution in [0, 0.1) is 16.2 Å². The van der Waals surface area contributed by atoms with Crippen LogP contribution in [-0.4, -0.2) is 85.4 Å². The molecule has 0 saturated heterocycles. The molecule has 0 spiro atoms. The first kappa shape index (κ1) is 40.3. The van der Waals surface area contributed by atoms with Gasteiger partial charge in [-0.1, -0.05) is 48.5 Å². The average Bonchev–Trinajstić information content (AvgIpc) is 2.81. The number of rotatable bonds is 19. The molecule has 0 saturated carbocycles. The molecule has 43 heavy (non-hydrogen) atoms. The molecule has 0 fully saturated rings. The molecule has 0 aliphatic heterocycles. The molecule has 11 nitrogen and oxygen atoms in total. The van der Waals surface area contributed by atoms with E-state index in [1.807, 2.05) is 55.4 Å². The largest absolute Gasteiger partial charge is 0.375 e. The quantitative estimate of drug-likeness (QED) is 0.177. The zero-order valence-corrected chi connectivity index (χ0v) is 29.0. The van der Waals surface area contributed by atoms with Crippen molar-refractivity contribution in [3.63, 3.8) is 0 Å². The number of hydrogen-bond acceptors (Lipinski definition) is 6. The van der Waals surface area contributed by atoms with Crippen molar-refractivity contribution in [2.24, 2.45) is 16.2 Å². The Morgan fingerprint density at radius 2 is 1.26 bits per heavy atom. The van der Waals surface area contributed by atoms with Crippen molar-refractivity contribution >= 4 is 29.5 Å². The van der Waals surface area contributed by atoms with E-state index in [0.717, 1.165) is 6.42 Å². The highest BCUT2D eigenvalue weighted by Crippen LogP contribution is 2.33. The molecule has 0 heterocycles. The Morgan fingerprint density at radius 3 is 1.79 bits per heavy atom. The Morgan fingerprint density at radius 1 is 0.721 bits per heavy atom. The maximum Gasteiger partial charge on any atom is 0.239 e. The number of nitrogens with one attached hydrogen (secondary N) is 4. The summed E-state index contributed by atoms with van der Waals surface area (Å²) in [4.78, 5) is 64.0. The molecule has 250 valence electrons. The van der Waals surface area contributed by atoms with E-state index in [1.165, 1.54) is 4.90 Å². The minimum Gasteiger partial charge on any atom is -0.375 e. The smallest absolute Gasteiger partial charge is 0.239 e. The summed E-state index contributed by atoms with van der Waals surface area (Å²) in [6.07, 6.45) is 1.82. The van der Waals surface area contributed by atoms with Gasteiger partial charge in [0.1, 0.15) is 13.1 Å². The second-order valence-corrected chi connectivity index (χ2v) is 14.8. The fraction of sp³-hybridized carbons (Fsp3) is 0.844. The first-order valence-electron chi connectivity index (χ1n) is 15.6. The fourth-order valence-electron chi connectivity index (χ4n) is 4.77. The molecule has 0 atom stereocenters. The topological polar surface area (TPSA) is 146 Å². The Hall–Kier alpha value is -2.69. The Kier molecular flexibility index (Phi) is 16.5. The number of carbonyl (C=O) groups is 5. The molecule has 0 bridgehead atoms. The van der Waals surface area contributed by atoms with Crippen LogP contribution in [-0.2, 0) is 28.7 Å². The summed E-state index contributed by atoms with van der Waals surface area (Å²) < 4.78 is 6.09. The zero-order chi connectivity index (χ0) is 33.6. The summed E-state index contributed by atoms with van der Waals surface area (Å²) in [5.74, 6) is -1.30. The van der Waals surface area contributed by atoms with Gasteiger partial charge in [-0.3, -0.25) is 24.0 Å². The highest BCUT2D eigenvalue weighted by molar-refractivity contribution is 5.89. The second kappa shape index (κ2) is 17.6. The van der Waals surface area contributed by atoms with E-state index in [9.17, 15) is 24.0 Å². The normalized spacial score (nSPS) is 12.5. The van der Waals surface area contributed by atoms with E-state index in [-0.39, 0.29) is 61.1 Å². The Labute approximate surface area is 260 Å². The zero-order valence-electron chi connectivity index (χ0n) is 29.0. The number of nitrogens with zero attached hydrogens (tertiary/aromatic N) is 1. The lowest BCUT2D eigenvalue weighted by Crippen LogP contribution is -2.47. The van der Waals surface area contributed by atoms with Crippen molar-refractivity contribution in [2.75, 3.05) is 39.3 Å². The number of ether oxygens (including phenoxy) is 1. The maximum absolute atomic E-state index is 12.9. The van der Waals surface area contributed by atoms with Gasteiger partial charge in [-0.15, -0.1) is 0 Å². The van der Waals surface area contributed by atoms with Crippen LogP contribution >= 0.6 is 0 Å². The van der Waals surface area contributed by atoms with Crippen molar-refractivity contribution in [1.29, 1.82) is 0 Å². The van der Waals surface area contributed by atoms with Crippen LogP contribution in [0.4, 0.5) is 0 Å². The highest BCUT2D eigenvalue weighted by atomic mass is 16.5. The molecule has 0 rings (SSSR count). The van der Waals surface area contributed by atoms with Crippen LogP contribution < -0.4 is 21.3 Å². The van der Waals surface area contributed by atoms with Gasteiger partial charge in [0.2, 0.25) is 29.5 Å². The first-order chi connectivity index (χ1) is 19.5. The van der Waals surface area contributed by atoms with Gasteiger partial charge < -0.3 is 30.9 Å². The van der Waals surface area contributed by atoms with Gasteiger partial charge in [0.15, 0.2) is 0 Å². The molecular formula is C32H61N5O6. The van der Waals surface area contributed by atoms with E-state index >= 15 is 0 Å². The van der Waals surface area contributed by atoms with Gasteiger partial charge >= 0.3 is 0 Å². The van der Waals surface area contributed by atoms with Crippen molar-refractivity contribution in [3.05, 3.63) is 0 Å². The van der Waals surface area contributed by atoms with Crippen LogP contribution in [0.1, 0.15) is 109 Å². The Balaban J connectivity index is 4.77. The molecule has 11 heteroatoms. The molecule has 0 aliphatic carbocycles. The van der Waals surface area contributed by atoms with Crippen LogP contribution in [0.15, 0.2) is 0 Å². The summed E-state index contributed by atoms with van der Waals surface area (Å²) in [5, 5.41) is 11.2. The van der Waals surface area contributed by atoms with E-state index in [0.29, 0.717) is 32.5 Å². The van der Waals surface area contributed by atoms with Crippen LogP contribution in [0.5, 0.6) is 0 Å². The van der Waals surface area contributed by atoms with Crippen molar-refractivity contribution in [3.8, 4) is 0 Å². The van der Waals surface area contributed by atoms with Crippen LogP contribution in [0.3, 0.4) is 0 Å². The molecule has 0 aromatic heterocycles. The second-order valence-electron chi connectivity index (χ2n) is 14.8. The minimum atomic E-state index is -0.748. The predicted molar refractivity (Wildman–Crippen MR) is 170 cm³/mol. The molecule has 0 aromatic carbocycles. The van der Waals surface area contributed by atoms with Gasteiger partial charge in [0.05, 0.1) is 5.60 Å². The molecular weight excluding hydrogens is 550 g/mol. The molecule has 5 amide bonds. The van der Waals surface area contributed by atoms with Gasteiger partial charge in [-0.2, -0.15) is 0 Å². The van der Waals surface area contributed by atoms with Crippen LogP contribution in [0.25, 0.3) is 0 Å². The predicted octanol–water partition coefficient (Wildman–Crippen LogP) is 3.16. The molecule has 0 radical (unpaired) electrons. The molecule has 0 aromatic rings. The first-order valence-corrected chi connectivity index (χ1v) is 15.6. The number of likely N-dealkylation sites (N-methyl/N-ethyl adjacent to an activating group) is 1. The van der Waals surface area contributed by atoms with Gasteiger partial charge in [0, 0.05) is 49.5 Å². The monoisotopic (exact) mass is 611 g/mol.